The lowest BCUT2D eigenvalue weighted by Crippen LogP contribution is -2.38. The second-order valence-electron chi connectivity index (χ2n) is 10.4. The number of thioether (sulfide) groups is 1. The monoisotopic (exact) mass is 579 g/mol. The quantitative estimate of drug-likeness (QED) is 0.120. The number of hydrogen-bond acceptors (Lipinski definition) is 4. The van der Waals surface area contributed by atoms with Gasteiger partial charge in [-0.15, -0.1) is 0 Å². The van der Waals surface area contributed by atoms with Crippen LogP contribution in [0.15, 0.2) is 88.8 Å². The fourth-order valence-electron chi connectivity index (χ4n) is 5.29. The van der Waals surface area contributed by atoms with E-state index in [1.165, 1.54) is 34.0 Å². The van der Waals surface area contributed by atoms with Crippen LogP contribution in [0.1, 0.15) is 43.2 Å². The molecule has 0 radical (unpaired) electrons. The van der Waals surface area contributed by atoms with Crippen LogP contribution < -0.4 is 5.56 Å². The fraction of sp³-hybridized carbons (Fsp3) is 0.344. The Morgan fingerprint density at radius 1 is 0.927 bits per heavy atom. The summed E-state index contributed by atoms with van der Waals surface area (Å²) < 4.78 is 41.4. The van der Waals surface area contributed by atoms with E-state index in [9.17, 15) is 22.8 Å². The van der Waals surface area contributed by atoms with Crippen molar-refractivity contribution in [2.75, 3.05) is 18.8 Å². The number of piperidine rings is 1. The molecule has 9 heteroatoms. The molecule has 5 rings (SSSR count). The number of carbonyl (C=O) groups is 1. The summed E-state index contributed by atoms with van der Waals surface area (Å²) >= 11 is 1.32. The first-order chi connectivity index (χ1) is 19.8. The number of fused-ring (bicyclic) bond motifs is 1. The molecular formula is C32H32F3N3O2S. The number of alkyl halides is 3. The molecule has 1 aliphatic rings. The zero-order chi connectivity index (χ0) is 28.8. The van der Waals surface area contributed by atoms with Gasteiger partial charge in [0, 0.05) is 25.3 Å². The Morgan fingerprint density at radius 2 is 1.66 bits per heavy atom. The third-order valence-electron chi connectivity index (χ3n) is 7.53. The van der Waals surface area contributed by atoms with Crippen molar-refractivity contribution in [2.24, 2.45) is 5.92 Å². The molecule has 4 aromatic rings. The van der Waals surface area contributed by atoms with Crippen LogP contribution in [0.5, 0.6) is 0 Å². The number of para-hydroxylation sites is 1. The highest BCUT2D eigenvalue weighted by atomic mass is 32.2. The first-order valence-electron chi connectivity index (χ1n) is 13.9. The van der Waals surface area contributed by atoms with Crippen LogP contribution >= 0.6 is 11.8 Å². The second kappa shape index (κ2) is 12.9. The lowest BCUT2D eigenvalue weighted by Gasteiger charge is -2.32. The van der Waals surface area contributed by atoms with Gasteiger partial charge in [-0.3, -0.25) is 14.2 Å². The number of likely N-dealkylation sites (tertiary alicyclic amines) is 1. The van der Waals surface area contributed by atoms with Crippen molar-refractivity contribution in [1.29, 1.82) is 0 Å². The number of amides is 1. The van der Waals surface area contributed by atoms with Crippen molar-refractivity contribution < 1.29 is 18.0 Å². The number of nitrogens with zero attached hydrogens (tertiary/aromatic N) is 3. The number of carbonyl (C=O) groups excluding carboxylic acids is 1. The molecule has 0 N–H and O–H groups in total. The zero-order valence-corrected chi connectivity index (χ0v) is 23.5. The van der Waals surface area contributed by atoms with Gasteiger partial charge in [-0.05, 0) is 73.9 Å². The van der Waals surface area contributed by atoms with E-state index in [1.807, 2.05) is 11.0 Å². The van der Waals surface area contributed by atoms with Crippen LogP contribution in [-0.2, 0) is 17.4 Å². The highest BCUT2D eigenvalue weighted by Crippen LogP contribution is 2.31. The van der Waals surface area contributed by atoms with Gasteiger partial charge < -0.3 is 4.90 Å². The molecule has 0 bridgehead atoms. The molecule has 3 aromatic carbocycles. The van der Waals surface area contributed by atoms with E-state index in [-0.39, 0.29) is 11.6 Å². The molecule has 1 aromatic heterocycles. The molecule has 0 saturated carbocycles. The zero-order valence-electron chi connectivity index (χ0n) is 22.6. The van der Waals surface area contributed by atoms with E-state index >= 15 is 0 Å². The maximum atomic E-state index is 13.4. The van der Waals surface area contributed by atoms with Crippen LogP contribution in [0.3, 0.4) is 0 Å². The maximum Gasteiger partial charge on any atom is 0.416 e. The number of unbranched alkanes of at least 4 members (excludes halogenated alkanes) is 1. The van der Waals surface area contributed by atoms with E-state index in [0.717, 1.165) is 44.5 Å². The van der Waals surface area contributed by atoms with Crippen LogP contribution in [0.2, 0.25) is 0 Å². The van der Waals surface area contributed by atoms with E-state index < -0.39 is 17.3 Å². The van der Waals surface area contributed by atoms with E-state index in [4.69, 9.17) is 0 Å². The molecule has 0 unspecified atom stereocenters. The van der Waals surface area contributed by atoms with Crippen molar-refractivity contribution in [3.8, 4) is 5.69 Å². The first kappa shape index (κ1) is 28.9. The third-order valence-corrected chi connectivity index (χ3v) is 8.55. The summed E-state index contributed by atoms with van der Waals surface area (Å²) in [5.74, 6) is 1.34. The van der Waals surface area contributed by atoms with Gasteiger partial charge in [-0.1, -0.05) is 60.3 Å². The number of halogens is 3. The van der Waals surface area contributed by atoms with Gasteiger partial charge in [-0.25, -0.2) is 4.98 Å². The van der Waals surface area contributed by atoms with Crippen molar-refractivity contribution >= 4 is 28.6 Å². The Bertz CT molecular complexity index is 1550. The molecule has 0 atom stereocenters. The predicted octanol–water partition coefficient (Wildman–Crippen LogP) is 7.15. The highest BCUT2D eigenvalue weighted by molar-refractivity contribution is 7.99. The largest absolute Gasteiger partial charge is 0.416 e. The number of hydrogen-bond donors (Lipinski definition) is 0. The van der Waals surface area contributed by atoms with Crippen molar-refractivity contribution in [3.05, 3.63) is 100 Å². The number of benzene rings is 3. The summed E-state index contributed by atoms with van der Waals surface area (Å²) in [7, 11) is 0. The summed E-state index contributed by atoms with van der Waals surface area (Å²) in [6.45, 7) is 1.57. The topological polar surface area (TPSA) is 55.2 Å². The van der Waals surface area contributed by atoms with E-state index in [0.29, 0.717) is 47.0 Å². The van der Waals surface area contributed by atoms with Gasteiger partial charge in [0.25, 0.3) is 5.56 Å². The molecule has 0 spiro atoms. The highest BCUT2D eigenvalue weighted by Gasteiger charge is 2.31. The fourth-order valence-corrected chi connectivity index (χ4v) is 6.30. The predicted molar refractivity (Wildman–Crippen MR) is 156 cm³/mol. The molecule has 1 fully saturated rings. The second-order valence-corrected chi connectivity index (χ2v) is 11.5. The minimum absolute atomic E-state index is 0.122. The normalized spacial score (nSPS) is 14.5. The van der Waals surface area contributed by atoms with E-state index in [2.05, 4.69) is 29.2 Å². The van der Waals surface area contributed by atoms with Crippen LogP contribution in [-0.4, -0.2) is 39.2 Å². The number of aromatic nitrogens is 2. The molecule has 214 valence electrons. The van der Waals surface area contributed by atoms with Crippen molar-refractivity contribution in [1.82, 2.24) is 14.5 Å². The van der Waals surface area contributed by atoms with Crippen molar-refractivity contribution in [3.63, 3.8) is 0 Å². The van der Waals surface area contributed by atoms with Gasteiger partial charge in [0.15, 0.2) is 5.16 Å². The summed E-state index contributed by atoms with van der Waals surface area (Å²) in [6.07, 6.45) is 0.405. The molecule has 1 saturated heterocycles. The lowest BCUT2D eigenvalue weighted by atomic mass is 9.90. The molecular weight excluding hydrogens is 547 g/mol. The Labute approximate surface area is 241 Å². The summed E-state index contributed by atoms with van der Waals surface area (Å²) in [4.78, 5) is 32.8. The third kappa shape index (κ3) is 7.19. The van der Waals surface area contributed by atoms with Gasteiger partial charge >= 0.3 is 6.18 Å². The van der Waals surface area contributed by atoms with Crippen molar-refractivity contribution in [2.45, 2.75) is 49.9 Å². The van der Waals surface area contributed by atoms with Gasteiger partial charge in [0.1, 0.15) is 0 Å². The SMILES string of the molecule is O=C(CCCCSc1nc2ccccc2c(=O)n1-c1cccc(C(F)(F)F)c1)N1CCC(Cc2ccccc2)CC1. The summed E-state index contributed by atoms with van der Waals surface area (Å²) in [6, 6.07) is 22.0. The number of rotatable bonds is 9. The average molecular weight is 580 g/mol. The Balaban J connectivity index is 1.18. The molecule has 5 nitrogen and oxygen atoms in total. The Kier molecular flexibility index (Phi) is 9.12. The summed E-state index contributed by atoms with van der Waals surface area (Å²) in [5, 5.41) is 0.673. The molecule has 1 aliphatic heterocycles. The lowest BCUT2D eigenvalue weighted by molar-refractivity contribution is -0.137. The molecule has 1 amide bonds. The van der Waals surface area contributed by atoms with Crippen LogP contribution in [0.25, 0.3) is 16.6 Å². The van der Waals surface area contributed by atoms with E-state index in [1.54, 1.807) is 24.3 Å². The van der Waals surface area contributed by atoms with Crippen LogP contribution in [0.4, 0.5) is 13.2 Å². The Morgan fingerprint density at radius 3 is 2.41 bits per heavy atom. The smallest absolute Gasteiger partial charge is 0.343 e. The Hall–Kier alpha value is -3.59. The summed E-state index contributed by atoms with van der Waals surface area (Å²) in [5.41, 5.74) is 0.719. The molecule has 2 heterocycles. The average Bonchev–Trinajstić information content (AvgIpc) is 2.97. The standard InChI is InChI=1S/C32H32F3N3O2S/c33-32(34,35)25-11-8-12-26(22-25)38-30(40)27-13-4-5-14-28(27)36-31(38)41-20-7-6-15-29(39)37-18-16-24(17-19-37)21-23-9-2-1-3-10-23/h1-5,8-14,22,24H,6-7,15-21H2. The first-order valence-corrected chi connectivity index (χ1v) is 14.9. The minimum Gasteiger partial charge on any atom is -0.343 e. The maximum absolute atomic E-state index is 13.4. The van der Waals surface area contributed by atoms with Gasteiger partial charge in [0.2, 0.25) is 5.91 Å². The van der Waals surface area contributed by atoms with Gasteiger partial charge in [0.05, 0.1) is 22.2 Å². The van der Waals surface area contributed by atoms with Gasteiger partial charge in [-0.2, -0.15) is 13.2 Å². The molecule has 41 heavy (non-hydrogen) atoms. The minimum atomic E-state index is -4.53. The van der Waals surface area contributed by atoms with Crippen LogP contribution in [0, 0.1) is 5.92 Å². The molecule has 0 aliphatic carbocycles.